The quantitative estimate of drug-likeness (QED) is 0.599. The zero-order valence-electron chi connectivity index (χ0n) is 9.06. The molecule has 1 fully saturated rings. The first-order valence-corrected chi connectivity index (χ1v) is 5.21. The second-order valence-corrected chi connectivity index (χ2v) is 4.29. The van der Waals surface area contributed by atoms with Crippen molar-refractivity contribution in [2.75, 3.05) is 7.05 Å². The molecular weight excluding hydrogens is 208 g/mol. The van der Waals surface area contributed by atoms with Gasteiger partial charge in [-0.2, -0.15) is 0 Å². The summed E-state index contributed by atoms with van der Waals surface area (Å²) in [5, 5.41) is 23.3. The van der Waals surface area contributed by atoms with Crippen molar-refractivity contribution in [1.82, 2.24) is 5.32 Å². The summed E-state index contributed by atoms with van der Waals surface area (Å²) in [6, 6.07) is 4.54. The predicted octanol–water partition coefficient (Wildman–Crippen LogP) is 1.59. The van der Waals surface area contributed by atoms with E-state index in [-0.39, 0.29) is 17.0 Å². The molecule has 16 heavy (non-hydrogen) atoms. The van der Waals surface area contributed by atoms with Crippen LogP contribution in [0.5, 0.6) is 5.75 Å². The lowest BCUT2D eigenvalue weighted by atomic mass is 10.0. The topological polar surface area (TPSA) is 75.4 Å². The summed E-state index contributed by atoms with van der Waals surface area (Å²) in [6.07, 6.45) is 3.03. The van der Waals surface area contributed by atoms with Crippen molar-refractivity contribution in [3.63, 3.8) is 0 Å². The van der Waals surface area contributed by atoms with Crippen molar-refractivity contribution >= 4 is 5.69 Å². The first kappa shape index (κ1) is 10.9. The maximum Gasteiger partial charge on any atom is 0.310 e. The van der Waals surface area contributed by atoms with Gasteiger partial charge in [-0.25, -0.2) is 0 Å². The molecule has 5 nitrogen and oxygen atoms in total. The number of hydrogen-bond donors (Lipinski definition) is 2. The molecule has 0 saturated heterocycles. The maximum atomic E-state index is 10.5. The highest BCUT2D eigenvalue weighted by Crippen LogP contribution is 2.39. The number of benzene rings is 1. The first-order chi connectivity index (χ1) is 7.56. The third-order valence-electron chi connectivity index (χ3n) is 3.16. The number of nitrogens with one attached hydrogen (secondary N) is 1. The lowest BCUT2D eigenvalue weighted by Gasteiger charge is -2.13. The SMILES string of the molecule is CNC1(Cc2ccc([N+](=O)[O-])c(O)c2)CC1. The molecular formula is C11H14N2O3. The molecule has 0 heterocycles. The van der Waals surface area contributed by atoms with Gasteiger partial charge >= 0.3 is 5.69 Å². The number of nitrogens with zero attached hydrogens (tertiary/aromatic N) is 1. The number of aromatic hydroxyl groups is 1. The van der Waals surface area contributed by atoms with E-state index in [4.69, 9.17) is 0 Å². The minimum atomic E-state index is -0.579. The van der Waals surface area contributed by atoms with Crippen LogP contribution in [0.3, 0.4) is 0 Å². The smallest absolute Gasteiger partial charge is 0.310 e. The second-order valence-electron chi connectivity index (χ2n) is 4.29. The number of phenols is 1. The van der Waals surface area contributed by atoms with Gasteiger partial charge in [0.1, 0.15) is 0 Å². The molecule has 1 saturated carbocycles. The van der Waals surface area contributed by atoms with Crippen LogP contribution in [0, 0.1) is 10.1 Å². The zero-order valence-corrected chi connectivity index (χ0v) is 9.06. The van der Waals surface area contributed by atoms with E-state index in [2.05, 4.69) is 5.32 Å². The lowest BCUT2D eigenvalue weighted by molar-refractivity contribution is -0.385. The van der Waals surface area contributed by atoms with Crippen LogP contribution in [0.2, 0.25) is 0 Å². The Kier molecular flexibility index (Phi) is 2.55. The van der Waals surface area contributed by atoms with Crippen LogP contribution in [-0.2, 0) is 6.42 Å². The molecule has 1 aromatic rings. The van der Waals surface area contributed by atoms with E-state index in [0.717, 1.165) is 24.8 Å². The third kappa shape index (κ3) is 1.99. The lowest BCUT2D eigenvalue weighted by Crippen LogP contribution is -2.29. The molecule has 0 amide bonds. The van der Waals surface area contributed by atoms with Gasteiger partial charge in [-0.15, -0.1) is 0 Å². The third-order valence-corrected chi connectivity index (χ3v) is 3.16. The Hall–Kier alpha value is -1.62. The molecule has 2 rings (SSSR count). The van der Waals surface area contributed by atoms with Gasteiger partial charge in [-0.3, -0.25) is 10.1 Å². The number of hydrogen-bond acceptors (Lipinski definition) is 4. The highest BCUT2D eigenvalue weighted by atomic mass is 16.6. The first-order valence-electron chi connectivity index (χ1n) is 5.21. The summed E-state index contributed by atoms with van der Waals surface area (Å²) < 4.78 is 0. The zero-order chi connectivity index (χ0) is 11.8. The van der Waals surface area contributed by atoms with E-state index < -0.39 is 4.92 Å². The Morgan fingerprint density at radius 3 is 2.69 bits per heavy atom. The number of phenolic OH excluding ortho intramolecular Hbond substituents is 1. The average Bonchev–Trinajstić information content (AvgIpc) is 2.98. The molecule has 0 bridgehead atoms. The van der Waals surface area contributed by atoms with Gasteiger partial charge < -0.3 is 10.4 Å². The van der Waals surface area contributed by atoms with Crippen molar-refractivity contribution < 1.29 is 10.0 Å². The summed E-state index contributed by atoms with van der Waals surface area (Å²) in [5.74, 6) is -0.255. The van der Waals surface area contributed by atoms with Gasteiger partial charge in [0.15, 0.2) is 5.75 Å². The minimum absolute atomic E-state index is 0.141. The van der Waals surface area contributed by atoms with Gasteiger partial charge in [0.2, 0.25) is 0 Å². The van der Waals surface area contributed by atoms with E-state index in [1.54, 1.807) is 6.07 Å². The highest BCUT2D eigenvalue weighted by Gasteiger charge is 2.40. The summed E-state index contributed by atoms with van der Waals surface area (Å²) >= 11 is 0. The molecule has 1 aliphatic rings. The van der Waals surface area contributed by atoms with E-state index >= 15 is 0 Å². The largest absolute Gasteiger partial charge is 0.502 e. The Morgan fingerprint density at radius 2 is 2.25 bits per heavy atom. The Morgan fingerprint density at radius 1 is 1.56 bits per heavy atom. The molecule has 86 valence electrons. The number of rotatable bonds is 4. The molecule has 1 aromatic carbocycles. The molecule has 0 aromatic heterocycles. The van der Waals surface area contributed by atoms with E-state index in [1.807, 2.05) is 7.05 Å². The highest BCUT2D eigenvalue weighted by molar-refractivity contribution is 5.47. The standard InChI is InChI=1S/C11H14N2O3/c1-12-11(4-5-11)7-8-2-3-9(13(15)16)10(14)6-8/h2-3,6,12,14H,4-5,7H2,1H3. The van der Waals surface area contributed by atoms with E-state index in [0.29, 0.717) is 0 Å². The second kappa shape index (κ2) is 3.75. The fourth-order valence-electron chi connectivity index (χ4n) is 1.89. The number of nitro benzene ring substituents is 1. The Balaban J connectivity index is 2.18. The molecule has 0 radical (unpaired) electrons. The van der Waals surface area contributed by atoms with Crippen molar-refractivity contribution in [3.8, 4) is 5.75 Å². The predicted molar refractivity (Wildman–Crippen MR) is 59.5 cm³/mol. The summed E-state index contributed by atoms with van der Waals surface area (Å²) in [5.41, 5.74) is 0.829. The molecule has 2 N–H and O–H groups in total. The molecule has 0 aliphatic heterocycles. The van der Waals surface area contributed by atoms with Crippen LogP contribution < -0.4 is 5.32 Å². The molecule has 5 heteroatoms. The van der Waals surface area contributed by atoms with Crippen LogP contribution in [-0.4, -0.2) is 22.6 Å². The van der Waals surface area contributed by atoms with Gasteiger partial charge in [0.05, 0.1) is 4.92 Å². The fraction of sp³-hybridized carbons (Fsp3) is 0.455. The average molecular weight is 222 g/mol. The van der Waals surface area contributed by atoms with Gasteiger partial charge in [-0.05, 0) is 37.9 Å². The van der Waals surface area contributed by atoms with Gasteiger partial charge in [0, 0.05) is 11.6 Å². The van der Waals surface area contributed by atoms with Crippen LogP contribution in [0.15, 0.2) is 18.2 Å². The van der Waals surface area contributed by atoms with Crippen LogP contribution >= 0.6 is 0 Å². The Labute approximate surface area is 93.2 Å². The van der Waals surface area contributed by atoms with E-state index in [9.17, 15) is 15.2 Å². The molecule has 0 atom stereocenters. The van der Waals surface area contributed by atoms with Crippen molar-refractivity contribution in [2.45, 2.75) is 24.8 Å². The normalized spacial score (nSPS) is 17.1. The van der Waals surface area contributed by atoms with Crippen LogP contribution in [0.4, 0.5) is 5.69 Å². The fourth-order valence-corrected chi connectivity index (χ4v) is 1.89. The number of likely N-dealkylation sites (N-methyl/N-ethyl adjacent to an activating group) is 1. The maximum absolute atomic E-state index is 10.5. The van der Waals surface area contributed by atoms with Gasteiger partial charge in [-0.1, -0.05) is 6.07 Å². The minimum Gasteiger partial charge on any atom is -0.502 e. The monoisotopic (exact) mass is 222 g/mol. The van der Waals surface area contributed by atoms with Crippen molar-refractivity contribution in [3.05, 3.63) is 33.9 Å². The summed E-state index contributed by atoms with van der Waals surface area (Å²) in [7, 11) is 1.91. The molecule has 0 spiro atoms. The summed E-state index contributed by atoms with van der Waals surface area (Å²) in [4.78, 5) is 9.94. The summed E-state index contributed by atoms with van der Waals surface area (Å²) in [6.45, 7) is 0. The number of nitro groups is 1. The van der Waals surface area contributed by atoms with Crippen molar-refractivity contribution in [1.29, 1.82) is 0 Å². The molecule has 1 aliphatic carbocycles. The van der Waals surface area contributed by atoms with Crippen LogP contribution in [0.25, 0.3) is 0 Å². The Bertz CT molecular complexity index is 427. The molecule has 0 unspecified atom stereocenters. The van der Waals surface area contributed by atoms with Gasteiger partial charge in [0.25, 0.3) is 0 Å². The van der Waals surface area contributed by atoms with E-state index in [1.165, 1.54) is 12.1 Å². The van der Waals surface area contributed by atoms with Crippen molar-refractivity contribution in [2.24, 2.45) is 0 Å². The van der Waals surface area contributed by atoms with Crippen LogP contribution in [0.1, 0.15) is 18.4 Å².